The number of hydrogen-bond donors (Lipinski definition) is 1. The van der Waals surface area contributed by atoms with Crippen molar-refractivity contribution < 1.29 is 22.4 Å². The van der Waals surface area contributed by atoms with Gasteiger partial charge in [0.25, 0.3) is 0 Å². The summed E-state index contributed by atoms with van der Waals surface area (Å²) in [5.74, 6) is -0.481. The maximum atomic E-state index is 14.8. The lowest BCUT2D eigenvalue weighted by Gasteiger charge is -2.17. The molecule has 0 aliphatic carbocycles. The number of likely N-dealkylation sites (tertiary alicyclic amines) is 1. The fourth-order valence-corrected chi connectivity index (χ4v) is 3.70. The van der Waals surface area contributed by atoms with Crippen LogP contribution >= 0.6 is 0 Å². The summed E-state index contributed by atoms with van der Waals surface area (Å²) in [6.45, 7) is 4.44. The Bertz CT molecular complexity index is 1140. The van der Waals surface area contributed by atoms with Gasteiger partial charge in [-0.2, -0.15) is 13.2 Å². The molecule has 2 aromatic carbocycles. The molecule has 0 bridgehead atoms. The summed E-state index contributed by atoms with van der Waals surface area (Å²) in [7, 11) is 0. The van der Waals surface area contributed by atoms with Crippen LogP contribution in [0.3, 0.4) is 0 Å². The highest BCUT2D eigenvalue weighted by molar-refractivity contribution is 6.00. The van der Waals surface area contributed by atoms with Gasteiger partial charge in [0.1, 0.15) is 11.5 Å². The van der Waals surface area contributed by atoms with Crippen LogP contribution < -0.4 is 5.32 Å². The van der Waals surface area contributed by atoms with E-state index in [4.69, 9.17) is 0 Å². The van der Waals surface area contributed by atoms with Crippen LogP contribution in [0.15, 0.2) is 55.1 Å². The number of halogens is 4. The second kappa shape index (κ2) is 7.98. The molecule has 0 unspecified atom stereocenters. The quantitative estimate of drug-likeness (QED) is 0.484. The van der Waals surface area contributed by atoms with Gasteiger partial charge in [-0.3, -0.25) is 4.79 Å². The second-order valence-corrected chi connectivity index (χ2v) is 7.25. The fraction of sp³-hybridized carbons (Fsp3) is 0.227. The van der Waals surface area contributed by atoms with Crippen molar-refractivity contribution in [3.8, 4) is 11.3 Å². The zero-order valence-corrected chi connectivity index (χ0v) is 16.3. The van der Waals surface area contributed by atoms with Crippen LogP contribution in [0.2, 0.25) is 0 Å². The first-order chi connectivity index (χ1) is 14.8. The average molecular weight is 430 g/mol. The first-order valence-electron chi connectivity index (χ1n) is 9.58. The van der Waals surface area contributed by atoms with Gasteiger partial charge in [-0.1, -0.05) is 30.8 Å². The van der Waals surface area contributed by atoms with E-state index in [0.717, 1.165) is 12.1 Å². The Morgan fingerprint density at radius 1 is 1.16 bits per heavy atom. The summed E-state index contributed by atoms with van der Waals surface area (Å²) in [5.41, 5.74) is -0.104. The SMILES string of the molecule is C=CC(=O)N1CC[C@H](Nc2nnc(-c3ccc(C(F)(F)F)cc3)c3cccc(F)c23)C1. The predicted molar refractivity (Wildman–Crippen MR) is 109 cm³/mol. The minimum Gasteiger partial charge on any atom is -0.363 e. The number of amides is 1. The highest BCUT2D eigenvalue weighted by Crippen LogP contribution is 2.34. The van der Waals surface area contributed by atoms with Crippen molar-refractivity contribution in [1.29, 1.82) is 0 Å². The third kappa shape index (κ3) is 4.08. The molecule has 1 saturated heterocycles. The van der Waals surface area contributed by atoms with Crippen molar-refractivity contribution >= 4 is 22.5 Å². The molecule has 9 heteroatoms. The van der Waals surface area contributed by atoms with E-state index >= 15 is 0 Å². The minimum atomic E-state index is -4.45. The third-order valence-corrected chi connectivity index (χ3v) is 5.26. The van der Waals surface area contributed by atoms with E-state index in [9.17, 15) is 22.4 Å². The number of nitrogens with zero attached hydrogens (tertiary/aromatic N) is 3. The number of aromatic nitrogens is 2. The number of alkyl halides is 3. The Kier molecular flexibility index (Phi) is 5.34. The van der Waals surface area contributed by atoms with Gasteiger partial charge in [-0.05, 0) is 30.7 Å². The number of fused-ring (bicyclic) bond motifs is 1. The molecule has 1 aromatic heterocycles. The number of anilines is 1. The molecule has 0 saturated carbocycles. The van der Waals surface area contributed by atoms with E-state index in [2.05, 4.69) is 22.1 Å². The Hall–Kier alpha value is -3.49. The van der Waals surface area contributed by atoms with E-state index in [1.54, 1.807) is 11.0 Å². The van der Waals surface area contributed by atoms with Gasteiger partial charge >= 0.3 is 6.18 Å². The largest absolute Gasteiger partial charge is 0.416 e. The predicted octanol–water partition coefficient (Wildman–Crippen LogP) is 4.65. The smallest absolute Gasteiger partial charge is 0.363 e. The topological polar surface area (TPSA) is 58.1 Å². The molecule has 3 aromatic rings. The molecule has 1 aliphatic rings. The first-order valence-corrected chi connectivity index (χ1v) is 9.58. The standard InChI is InChI=1S/C22H18F4N4O/c1-2-18(31)30-11-10-15(12-30)27-21-19-16(4-3-5-17(19)23)20(28-29-21)13-6-8-14(9-7-13)22(24,25)26/h2-9,15H,1,10-12H2,(H,27,29)/t15-/m0/s1. The summed E-state index contributed by atoms with van der Waals surface area (Å²) < 4.78 is 53.3. The monoisotopic (exact) mass is 430 g/mol. The third-order valence-electron chi connectivity index (χ3n) is 5.26. The molecule has 1 atom stereocenters. The Morgan fingerprint density at radius 3 is 2.58 bits per heavy atom. The Balaban J connectivity index is 1.69. The summed E-state index contributed by atoms with van der Waals surface area (Å²) in [5, 5.41) is 12.1. The van der Waals surface area contributed by atoms with Crippen LogP contribution in [0, 0.1) is 5.82 Å². The lowest BCUT2D eigenvalue weighted by atomic mass is 10.0. The van der Waals surface area contributed by atoms with Crippen LogP contribution in [0.5, 0.6) is 0 Å². The molecule has 1 aliphatic heterocycles. The molecule has 31 heavy (non-hydrogen) atoms. The van der Waals surface area contributed by atoms with Crippen molar-refractivity contribution in [2.24, 2.45) is 0 Å². The fourth-order valence-electron chi connectivity index (χ4n) is 3.70. The van der Waals surface area contributed by atoms with E-state index in [1.807, 2.05) is 0 Å². The minimum absolute atomic E-state index is 0.141. The number of hydrogen-bond acceptors (Lipinski definition) is 4. The van der Waals surface area contributed by atoms with Gasteiger partial charge in [-0.15, -0.1) is 10.2 Å². The van der Waals surface area contributed by atoms with E-state index < -0.39 is 17.6 Å². The van der Waals surface area contributed by atoms with Gasteiger partial charge in [-0.25, -0.2) is 4.39 Å². The highest BCUT2D eigenvalue weighted by atomic mass is 19.4. The lowest BCUT2D eigenvalue weighted by Crippen LogP contribution is -2.30. The van der Waals surface area contributed by atoms with Crippen molar-refractivity contribution in [2.75, 3.05) is 18.4 Å². The zero-order chi connectivity index (χ0) is 22.2. The molecule has 5 nitrogen and oxygen atoms in total. The number of rotatable bonds is 4. The Labute approximate surface area is 175 Å². The van der Waals surface area contributed by atoms with Crippen molar-refractivity contribution in [3.05, 3.63) is 66.5 Å². The van der Waals surface area contributed by atoms with Gasteiger partial charge in [0.15, 0.2) is 5.82 Å². The molecule has 4 rings (SSSR count). The van der Waals surface area contributed by atoms with Crippen molar-refractivity contribution in [3.63, 3.8) is 0 Å². The molecule has 2 heterocycles. The maximum absolute atomic E-state index is 14.8. The summed E-state index contributed by atoms with van der Waals surface area (Å²) in [6.07, 6.45) is -2.55. The molecular formula is C22H18F4N4O. The molecule has 0 radical (unpaired) electrons. The van der Waals surface area contributed by atoms with E-state index in [0.29, 0.717) is 30.5 Å². The number of carbonyl (C=O) groups is 1. The summed E-state index contributed by atoms with van der Waals surface area (Å²) >= 11 is 0. The van der Waals surface area contributed by atoms with Crippen LogP contribution in [-0.2, 0) is 11.0 Å². The molecule has 160 valence electrons. The van der Waals surface area contributed by atoms with Crippen LogP contribution in [-0.4, -0.2) is 40.1 Å². The zero-order valence-electron chi connectivity index (χ0n) is 16.3. The Morgan fingerprint density at radius 2 is 1.90 bits per heavy atom. The lowest BCUT2D eigenvalue weighted by molar-refractivity contribution is -0.137. The molecular weight excluding hydrogens is 412 g/mol. The highest BCUT2D eigenvalue weighted by Gasteiger charge is 2.30. The average Bonchev–Trinajstić information content (AvgIpc) is 3.21. The number of carbonyl (C=O) groups excluding carboxylic acids is 1. The van der Waals surface area contributed by atoms with Crippen LogP contribution in [0.4, 0.5) is 23.4 Å². The summed E-state index contributed by atoms with van der Waals surface area (Å²) in [6, 6.07) is 8.80. The van der Waals surface area contributed by atoms with Gasteiger partial charge in [0, 0.05) is 30.1 Å². The molecule has 0 spiro atoms. The normalized spacial score (nSPS) is 16.5. The second-order valence-electron chi connectivity index (χ2n) is 7.25. The number of nitrogens with one attached hydrogen (secondary N) is 1. The van der Waals surface area contributed by atoms with E-state index in [1.165, 1.54) is 30.3 Å². The first kappa shape index (κ1) is 20.8. The molecule has 1 fully saturated rings. The molecule has 1 N–H and O–H groups in total. The van der Waals surface area contributed by atoms with Gasteiger partial charge in [0.2, 0.25) is 5.91 Å². The van der Waals surface area contributed by atoms with Gasteiger partial charge in [0.05, 0.1) is 10.9 Å². The summed E-state index contributed by atoms with van der Waals surface area (Å²) in [4.78, 5) is 13.4. The van der Waals surface area contributed by atoms with Crippen LogP contribution in [0.25, 0.3) is 22.0 Å². The maximum Gasteiger partial charge on any atom is 0.416 e. The van der Waals surface area contributed by atoms with Gasteiger partial charge < -0.3 is 10.2 Å². The van der Waals surface area contributed by atoms with Crippen molar-refractivity contribution in [1.82, 2.24) is 15.1 Å². The van der Waals surface area contributed by atoms with E-state index in [-0.39, 0.29) is 28.8 Å². The molecule has 1 amide bonds. The van der Waals surface area contributed by atoms with Crippen molar-refractivity contribution in [2.45, 2.75) is 18.6 Å². The van der Waals surface area contributed by atoms with Crippen LogP contribution in [0.1, 0.15) is 12.0 Å². The number of benzene rings is 2.